The highest BCUT2D eigenvalue weighted by Crippen LogP contribution is 2.34. The molecular weight excluding hydrogens is 409 g/mol. The summed E-state index contributed by atoms with van der Waals surface area (Å²) in [5, 5.41) is 10.4. The Morgan fingerprint density at radius 2 is 2.09 bits per heavy atom. The SMILES string of the molecule is COc1cc(C)c2[nH]ccc2c1CN(C)C(CN1CCC(F)C1)c1ccc(C(=O)O)cc1. The molecule has 2 N–H and O–H groups in total. The van der Waals surface area contributed by atoms with Gasteiger partial charge in [-0.15, -0.1) is 0 Å². The Kier molecular flexibility index (Phi) is 6.48. The van der Waals surface area contributed by atoms with E-state index in [-0.39, 0.29) is 11.6 Å². The van der Waals surface area contributed by atoms with E-state index >= 15 is 0 Å². The number of hydrogen-bond donors (Lipinski definition) is 2. The van der Waals surface area contributed by atoms with Crippen molar-refractivity contribution in [2.75, 3.05) is 33.8 Å². The van der Waals surface area contributed by atoms with Gasteiger partial charge in [-0.05, 0) is 55.8 Å². The lowest BCUT2D eigenvalue weighted by molar-refractivity contribution is 0.0696. The number of benzene rings is 2. The van der Waals surface area contributed by atoms with Crippen LogP contribution in [0.25, 0.3) is 10.9 Å². The monoisotopic (exact) mass is 439 g/mol. The smallest absolute Gasteiger partial charge is 0.335 e. The fourth-order valence-corrected chi connectivity index (χ4v) is 4.68. The zero-order chi connectivity index (χ0) is 22.8. The number of fused-ring (bicyclic) bond motifs is 1. The molecule has 0 radical (unpaired) electrons. The number of aromatic nitrogens is 1. The molecule has 6 nitrogen and oxygen atoms in total. The fraction of sp³-hybridized carbons (Fsp3) is 0.400. The number of nitrogens with one attached hydrogen (secondary N) is 1. The number of carbonyl (C=O) groups is 1. The van der Waals surface area contributed by atoms with Crippen LogP contribution in [0.3, 0.4) is 0 Å². The second-order valence-corrected chi connectivity index (χ2v) is 8.64. The summed E-state index contributed by atoms with van der Waals surface area (Å²) >= 11 is 0. The lowest BCUT2D eigenvalue weighted by Crippen LogP contribution is -2.35. The van der Waals surface area contributed by atoms with Crippen LogP contribution in [0.15, 0.2) is 42.6 Å². The van der Waals surface area contributed by atoms with Crippen LogP contribution in [0.2, 0.25) is 0 Å². The van der Waals surface area contributed by atoms with Crippen LogP contribution in [0.1, 0.15) is 39.5 Å². The van der Waals surface area contributed by atoms with Gasteiger partial charge in [-0.25, -0.2) is 9.18 Å². The Morgan fingerprint density at radius 1 is 1.34 bits per heavy atom. The van der Waals surface area contributed by atoms with E-state index in [1.807, 2.05) is 24.4 Å². The molecule has 170 valence electrons. The van der Waals surface area contributed by atoms with E-state index in [0.717, 1.165) is 39.9 Å². The van der Waals surface area contributed by atoms with E-state index in [4.69, 9.17) is 4.74 Å². The number of hydrogen-bond acceptors (Lipinski definition) is 4. The van der Waals surface area contributed by atoms with Crippen molar-refractivity contribution in [1.29, 1.82) is 0 Å². The molecule has 0 bridgehead atoms. The average Bonchev–Trinajstić information content (AvgIpc) is 3.43. The molecule has 0 amide bonds. The van der Waals surface area contributed by atoms with Gasteiger partial charge in [-0.3, -0.25) is 9.80 Å². The minimum Gasteiger partial charge on any atom is -0.496 e. The van der Waals surface area contributed by atoms with Gasteiger partial charge < -0.3 is 14.8 Å². The molecule has 1 fully saturated rings. The normalized spacial score (nSPS) is 17.8. The van der Waals surface area contributed by atoms with E-state index in [1.54, 1.807) is 19.2 Å². The van der Waals surface area contributed by atoms with Crippen molar-refractivity contribution in [3.8, 4) is 5.75 Å². The van der Waals surface area contributed by atoms with Gasteiger partial charge in [0, 0.05) is 54.9 Å². The van der Waals surface area contributed by atoms with Crippen molar-refractivity contribution < 1.29 is 19.0 Å². The Hall–Kier alpha value is -2.90. The topological polar surface area (TPSA) is 68.8 Å². The molecular formula is C25H30FN3O3. The Balaban J connectivity index is 1.66. The Labute approximate surface area is 187 Å². The van der Waals surface area contributed by atoms with Crippen LogP contribution in [-0.4, -0.2) is 65.8 Å². The number of aromatic amines is 1. The molecule has 1 aliphatic heterocycles. The number of likely N-dealkylation sites (N-methyl/N-ethyl adjacent to an activating group) is 1. The minimum atomic E-state index is -0.944. The Morgan fingerprint density at radius 3 is 2.72 bits per heavy atom. The first-order valence-corrected chi connectivity index (χ1v) is 10.9. The maximum absolute atomic E-state index is 13.9. The first-order valence-electron chi connectivity index (χ1n) is 10.9. The summed E-state index contributed by atoms with van der Waals surface area (Å²) in [6.07, 6.45) is 1.71. The summed E-state index contributed by atoms with van der Waals surface area (Å²) in [5.41, 5.74) is 4.58. The van der Waals surface area contributed by atoms with Crippen LogP contribution in [0.4, 0.5) is 4.39 Å². The lowest BCUT2D eigenvalue weighted by Gasteiger charge is -2.32. The van der Waals surface area contributed by atoms with Gasteiger partial charge in [-0.1, -0.05) is 12.1 Å². The van der Waals surface area contributed by atoms with E-state index in [2.05, 4.69) is 34.8 Å². The van der Waals surface area contributed by atoms with Gasteiger partial charge in [0.15, 0.2) is 0 Å². The van der Waals surface area contributed by atoms with Gasteiger partial charge in [0.05, 0.1) is 12.7 Å². The number of nitrogens with zero attached hydrogens (tertiary/aromatic N) is 2. The lowest BCUT2D eigenvalue weighted by atomic mass is 10.0. The third-order valence-corrected chi connectivity index (χ3v) is 6.46. The van der Waals surface area contributed by atoms with Crippen molar-refractivity contribution in [2.24, 2.45) is 0 Å². The van der Waals surface area contributed by atoms with Crippen LogP contribution < -0.4 is 4.74 Å². The van der Waals surface area contributed by atoms with Crippen LogP contribution in [0.5, 0.6) is 5.75 Å². The Bertz CT molecular complexity index is 1100. The maximum atomic E-state index is 13.9. The van der Waals surface area contributed by atoms with Gasteiger partial charge >= 0.3 is 5.97 Å². The van der Waals surface area contributed by atoms with Gasteiger partial charge in [0.1, 0.15) is 11.9 Å². The second-order valence-electron chi connectivity index (χ2n) is 8.64. The van der Waals surface area contributed by atoms with Crippen molar-refractivity contribution in [3.05, 3.63) is 64.8 Å². The number of ether oxygens (including phenoxy) is 1. The van der Waals surface area contributed by atoms with Gasteiger partial charge in [0.2, 0.25) is 0 Å². The molecule has 32 heavy (non-hydrogen) atoms. The van der Waals surface area contributed by atoms with Gasteiger partial charge in [0.25, 0.3) is 0 Å². The van der Waals surface area contributed by atoms with E-state index in [9.17, 15) is 14.3 Å². The van der Waals surface area contributed by atoms with Crippen molar-refractivity contribution >= 4 is 16.9 Å². The number of methoxy groups -OCH3 is 1. The highest BCUT2D eigenvalue weighted by Gasteiger charge is 2.28. The highest BCUT2D eigenvalue weighted by atomic mass is 19.1. The van der Waals surface area contributed by atoms with Crippen molar-refractivity contribution in [3.63, 3.8) is 0 Å². The van der Waals surface area contributed by atoms with Gasteiger partial charge in [-0.2, -0.15) is 0 Å². The van der Waals surface area contributed by atoms with Crippen LogP contribution in [-0.2, 0) is 6.54 Å². The largest absolute Gasteiger partial charge is 0.496 e. The van der Waals surface area contributed by atoms with E-state index in [0.29, 0.717) is 26.1 Å². The molecule has 0 aliphatic carbocycles. The zero-order valence-electron chi connectivity index (χ0n) is 18.8. The molecule has 2 atom stereocenters. The number of halogens is 1. The molecule has 2 aromatic carbocycles. The molecule has 1 saturated heterocycles. The number of carboxylic acids is 1. The summed E-state index contributed by atoms with van der Waals surface area (Å²) < 4.78 is 19.6. The summed E-state index contributed by atoms with van der Waals surface area (Å²) in [4.78, 5) is 19.0. The predicted octanol–water partition coefficient (Wildman–Crippen LogP) is 4.40. The average molecular weight is 440 g/mol. The molecule has 0 spiro atoms. The number of likely N-dealkylation sites (tertiary alicyclic amines) is 1. The molecule has 2 unspecified atom stereocenters. The summed E-state index contributed by atoms with van der Waals surface area (Å²) in [7, 11) is 3.74. The predicted molar refractivity (Wildman–Crippen MR) is 123 cm³/mol. The van der Waals surface area contributed by atoms with Crippen LogP contribution >= 0.6 is 0 Å². The standard InChI is InChI=1S/C25H30FN3O3/c1-16-12-23(32-3)21(20-8-10-27-24(16)20)14-28(2)22(15-29-11-9-19(26)13-29)17-4-6-18(7-5-17)25(30)31/h4-8,10,12,19,22,27H,9,11,13-15H2,1-3H3,(H,30,31). The number of rotatable bonds is 8. The molecule has 3 aromatic rings. The number of aryl methyl sites for hydroxylation is 1. The number of alkyl halides is 1. The second kappa shape index (κ2) is 9.30. The number of carboxylic acid groups (broad SMARTS) is 1. The highest BCUT2D eigenvalue weighted by molar-refractivity contribution is 5.88. The molecule has 2 heterocycles. The third-order valence-electron chi connectivity index (χ3n) is 6.46. The number of H-pyrrole nitrogens is 1. The van der Waals surface area contributed by atoms with E-state index < -0.39 is 12.1 Å². The maximum Gasteiger partial charge on any atom is 0.335 e. The molecule has 1 aliphatic rings. The van der Waals surface area contributed by atoms with Crippen molar-refractivity contribution in [2.45, 2.75) is 32.1 Å². The van der Waals surface area contributed by atoms with Crippen LogP contribution in [0, 0.1) is 6.92 Å². The molecule has 7 heteroatoms. The molecule has 0 saturated carbocycles. The summed E-state index contributed by atoms with van der Waals surface area (Å²) in [6.45, 7) is 4.54. The van der Waals surface area contributed by atoms with Crippen molar-refractivity contribution in [1.82, 2.24) is 14.8 Å². The summed E-state index contributed by atoms with van der Waals surface area (Å²) in [5.74, 6) is -0.105. The molecule has 4 rings (SSSR count). The zero-order valence-corrected chi connectivity index (χ0v) is 18.8. The first kappa shape index (κ1) is 22.3. The number of aromatic carboxylic acids is 1. The fourth-order valence-electron chi connectivity index (χ4n) is 4.68. The quantitative estimate of drug-likeness (QED) is 0.545. The summed E-state index contributed by atoms with van der Waals surface area (Å²) in [6, 6.07) is 11.1. The van der Waals surface area contributed by atoms with E-state index in [1.165, 1.54) is 0 Å². The minimum absolute atomic E-state index is 0.0249. The molecule has 1 aromatic heterocycles. The third kappa shape index (κ3) is 4.49. The first-order chi connectivity index (χ1) is 15.4.